The maximum absolute atomic E-state index is 11.8. The number of rotatable bonds is 4. The number of phenols is 2. The van der Waals surface area contributed by atoms with E-state index in [4.69, 9.17) is 9.84 Å². The quantitative estimate of drug-likeness (QED) is 0.234. The molecule has 0 amide bonds. The van der Waals surface area contributed by atoms with E-state index in [1.165, 1.54) is 24.3 Å². The number of hydrogen-bond donors (Lipinski definition) is 6. The van der Waals surface area contributed by atoms with Gasteiger partial charge in [0.15, 0.2) is 17.1 Å². The van der Waals surface area contributed by atoms with E-state index in [1.807, 2.05) is 0 Å². The first kappa shape index (κ1) is 18.7. The topological polar surface area (TPSA) is 165 Å². The van der Waals surface area contributed by atoms with Crippen LogP contribution in [0.1, 0.15) is 18.4 Å². The highest BCUT2D eigenvalue weighted by atomic mass is 16.6. The SMILES string of the molecule is O=C(/C=C\c1ccc(O)c(O)c1)O[C@H]1C[C@@](O)(C(=O)O)C[C@@H](O)[C@@H]1O. The molecule has 0 heterocycles. The van der Waals surface area contributed by atoms with Gasteiger partial charge >= 0.3 is 11.9 Å². The van der Waals surface area contributed by atoms with Gasteiger partial charge in [0.25, 0.3) is 0 Å². The number of esters is 1. The first-order valence-corrected chi connectivity index (χ1v) is 7.35. The minimum atomic E-state index is -2.31. The second-order valence-electron chi connectivity index (χ2n) is 5.86. The summed E-state index contributed by atoms with van der Waals surface area (Å²) in [4.78, 5) is 22.9. The molecule has 0 aromatic heterocycles. The standard InChI is InChI=1S/C16H18O9/c17-9-3-1-8(5-10(9)18)2-4-13(20)25-12-7-16(24,15(22)23)6-11(19)14(12)21/h1-5,11-12,14,17-19,21,24H,6-7H2,(H,22,23)/b4-2-/t11-,12+,14+,16-/m1/s1. The smallest absolute Gasteiger partial charge is 0.335 e. The predicted molar refractivity (Wildman–Crippen MR) is 82.5 cm³/mol. The first-order chi connectivity index (χ1) is 11.6. The maximum atomic E-state index is 11.8. The number of carbonyl (C=O) groups excluding carboxylic acids is 1. The Hall–Kier alpha value is -2.62. The van der Waals surface area contributed by atoms with E-state index in [0.717, 1.165) is 6.08 Å². The van der Waals surface area contributed by atoms with Gasteiger partial charge in [0.2, 0.25) is 0 Å². The molecule has 1 aromatic rings. The summed E-state index contributed by atoms with van der Waals surface area (Å²) in [6, 6.07) is 3.83. The summed E-state index contributed by atoms with van der Waals surface area (Å²) in [5, 5.41) is 57.0. The van der Waals surface area contributed by atoms with Gasteiger partial charge in [-0.25, -0.2) is 9.59 Å². The number of aliphatic carboxylic acids is 1. The highest BCUT2D eigenvalue weighted by Gasteiger charge is 2.50. The van der Waals surface area contributed by atoms with Crippen LogP contribution in [0.2, 0.25) is 0 Å². The van der Waals surface area contributed by atoms with Crippen LogP contribution in [0.4, 0.5) is 0 Å². The van der Waals surface area contributed by atoms with Crippen LogP contribution in [-0.4, -0.2) is 66.5 Å². The van der Waals surface area contributed by atoms with Gasteiger partial charge in [0.05, 0.1) is 6.10 Å². The zero-order chi connectivity index (χ0) is 18.8. The van der Waals surface area contributed by atoms with E-state index in [-0.39, 0.29) is 11.5 Å². The zero-order valence-electron chi connectivity index (χ0n) is 12.9. The van der Waals surface area contributed by atoms with Crippen molar-refractivity contribution in [3.63, 3.8) is 0 Å². The summed E-state index contributed by atoms with van der Waals surface area (Å²) in [6.45, 7) is 0. The molecule has 4 atom stereocenters. The number of carboxylic acids is 1. The van der Waals surface area contributed by atoms with Crippen LogP contribution in [0.3, 0.4) is 0 Å². The minimum absolute atomic E-state index is 0.327. The lowest BCUT2D eigenvalue weighted by atomic mass is 9.79. The van der Waals surface area contributed by atoms with E-state index in [9.17, 15) is 35.1 Å². The molecule has 6 N–H and O–H groups in total. The number of hydrogen-bond acceptors (Lipinski definition) is 8. The lowest BCUT2D eigenvalue weighted by Crippen LogP contribution is -2.57. The van der Waals surface area contributed by atoms with Crippen molar-refractivity contribution in [2.45, 2.75) is 36.8 Å². The van der Waals surface area contributed by atoms with Gasteiger partial charge in [-0.1, -0.05) is 6.07 Å². The Morgan fingerprint density at radius 1 is 1.16 bits per heavy atom. The molecule has 1 fully saturated rings. The van der Waals surface area contributed by atoms with Crippen LogP contribution in [0.5, 0.6) is 11.5 Å². The van der Waals surface area contributed by atoms with Crippen LogP contribution in [0, 0.1) is 0 Å². The second-order valence-corrected chi connectivity index (χ2v) is 5.86. The summed E-state index contributed by atoms with van der Waals surface area (Å²) in [5.74, 6) is -3.24. The lowest BCUT2D eigenvalue weighted by molar-refractivity contribution is -0.196. The van der Waals surface area contributed by atoms with Crippen LogP contribution in [0.15, 0.2) is 24.3 Å². The van der Waals surface area contributed by atoms with Crippen molar-refractivity contribution < 1.29 is 45.0 Å². The summed E-state index contributed by atoms with van der Waals surface area (Å²) in [6.07, 6.45) is -3.44. The largest absolute Gasteiger partial charge is 0.504 e. The highest BCUT2D eigenvalue weighted by Crippen LogP contribution is 2.31. The molecule has 0 spiro atoms. The van der Waals surface area contributed by atoms with E-state index >= 15 is 0 Å². The molecule has 1 aliphatic carbocycles. The molecule has 0 radical (unpaired) electrons. The van der Waals surface area contributed by atoms with Gasteiger partial charge in [-0.2, -0.15) is 0 Å². The van der Waals surface area contributed by atoms with Crippen LogP contribution >= 0.6 is 0 Å². The van der Waals surface area contributed by atoms with Crippen LogP contribution in [-0.2, 0) is 14.3 Å². The number of phenolic OH excluding ortho intramolecular Hbond substituents is 2. The van der Waals surface area contributed by atoms with E-state index in [0.29, 0.717) is 5.56 Å². The maximum Gasteiger partial charge on any atom is 0.335 e. The predicted octanol–water partition coefficient (Wildman–Crippen LogP) is -0.646. The van der Waals surface area contributed by atoms with Gasteiger partial charge in [-0.05, 0) is 23.8 Å². The average molecular weight is 354 g/mol. The van der Waals surface area contributed by atoms with Crippen molar-refractivity contribution >= 4 is 18.0 Å². The molecule has 9 nitrogen and oxygen atoms in total. The van der Waals surface area contributed by atoms with Crippen molar-refractivity contribution in [1.29, 1.82) is 0 Å². The summed E-state index contributed by atoms with van der Waals surface area (Å²) in [7, 11) is 0. The molecule has 0 saturated heterocycles. The molecule has 1 saturated carbocycles. The number of aromatic hydroxyl groups is 2. The first-order valence-electron chi connectivity index (χ1n) is 7.35. The van der Waals surface area contributed by atoms with E-state index in [2.05, 4.69) is 0 Å². The molecule has 0 bridgehead atoms. The fraction of sp³-hybridized carbons (Fsp3) is 0.375. The van der Waals surface area contributed by atoms with Crippen molar-refractivity contribution in [3.05, 3.63) is 29.8 Å². The molecule has 9 heteroatoms. The van der Waals surface area contributed by atoms with Crippen LogP contribution in [0.25, 0.3) is 6.08 Å². The third-order valence-electron chi connectivity index (χ3n) is 3.94. The number of aliphatic hydroxyl groups is 3. The molecule has 2 rings (SSSR count). The fourth-order valence-corrected chi connectivity index (χ4v) is 2.53. The fourth-order valence-electron chi connectivity index (χ4n) is 2.53. The van der Waals surface area contributed by atoms with Gasteiger partial charge in [0, 0.05) is 18.9 Å². The van der Waals surface area contributed by atoms with Crippen molar-refractivity contribution in [2.75, 3.05) is 0 Å². The van der Waals surface area contributed by atoms with Gasteiger partial charge in [-0.15, -0.1) is 0 Å². The van der Waals surface area contributed by atoms with Gasteiger partial charge < -0.3 is 35.4 Å². The Morgan fingerprint density at radius 3 is 2.44 bits per heavy atom. The Morgan fingerprint density at radius 2 is 1.84 bits per heavy atom. The number of benzene rings is 1. The van der Waals surface area contributed by atoms with E-state index < -0.39 is 48.7 Å². The summed E-state index contributed by atoms with van der Waals surface area (Å²) < 4.78 is 4.92. The molecule has 0 unspecified atom stereocenters. The third kappa shape index (κ3) is 4.27. The number of carbonyl (C=O) groups is 2. The second kappa shape index (κ2) is 7.09. The van der Waals surface area contributed by atoms with Gasteiger partial charge in [-0.3, -0.25) is 0 Å². The Balaban J connectivity index is 2.06. The molecule has 136 valence electrons. The zero-order valence-corrected chi connectivity index (χ0v) is 12.9. The van der Waals surface area contributed by atoms with Crippen molar-refractivity contribution in [3.8, 4) is 11.5 Å². The monoisotopic (exact) mass is 354 g/mol. The van der Waals surface area contributed by atoms with Crippen molar-refractivity contribution in [2.24, 2.45) is 0 Å². The number of aliphatic hydroxyl groups excluding tert-OH is 2. The summed E-state index contributed by atoms with van der Waals surface area (Å²) in [5.41, 5.74) is -1.94. The lowest BCUT2D eigenvalue weighted by Gasteiger charge is -2.39. The average Bonchev–Trinajstić information content (AvgIpc) is 2.53. The summed E-state index contributed by atoms with van der Waals surface area (Å²) >= 11 is 0. The van der Waals surface area contributed by atoms with Crippen LogP contribution < -0.4 is 0 Å². The van der Waals surface area contributed by atoms with Crippen molar-refractivity contribution in [1.82, 2.24) is 0 Å². The number of carboxylic acid groups (broad SMARTS) is 1. The molecule has 1 aromatic carbocycles. The Kier molecular flexibility index (Phi) is 5.31. The van der Waals surface area contributed by atoms with E-state index in [1.54, 1.807) is 0 Å². The molecular formula is C16H18O9. The minimum Gasteiger partial charge on any atom is -0.504 e. The molecule has 0 aliphatic heterocycles. The Labute approximate surface area is 142 Å². The molecule has 1 aliphatic rings. The number of ether oxygens (including phenoxy) is 1. The Bertz CT molecular complexity index is 699. The molecule has 25 heavy (non-hydrogen) atoms. The van der Waals surface area contributed by atoms with Gasteiger partial charge in [0.1, 0.15) is 12.2 Å². The normalized spacial score (nSPS) is 29.5. The molecular weight excluding hydrogens is 336 g/mol. The highest BCUT2D eigenvalue weighted by molar-refractivity contribution is 5.87. The third-order valence-corrected chi connectivity index (χ3v) is 3.94.